The minimum absolute atomic E-state index is 0.0507. The number of amides is 2. The first kappa shape index (κ1) is 25.9. The van der Waals surface area contributed by atoms with Gasteiger partial charge in [-0.15, -0.1) is 16.4 Å². The SMILES string of the molecule is CC(C)(ON=C(C(=O)N[C@@H]1C(=O)N(S(=O)(=O)O)[C@@H]1Cn1cc(CN)nn1)c1csc(N)n1)C(=O)O. The summed E-state index contributed by atoms with van der Waals surface area (Å²) in [6.07, 6.45) is 1.40. The van der Waals surface area contributed by atoms with Crippen molar-refractivity contribution in [3.63, 3.8) is 0 Å². The van der Waals surface area contributed by atoms with E-state index < -0.39 is 51.5 Å². The Kier molecular flexibility index (Phi) is 7.06. The van der Waals surface area contributed by atoms with Crippen LogP contribution < -0.4 is 16.8 Å². The number of nitrogen functional groups attached to an aromatic ring is 1. The number of carbonyl (C=O) groups is 3. The molecule has 0 spiro atoms. The van der Waals surface area contributed by atoms with Gasteiger partial charge in [-0.1, -0.05) is 10.4 Å². The third kappa shape index (κ3) is 5.53. The van der Waals surface area contributed by atoms with E-state index in [9.17, 15) is 32.5 Å². The highest BCUT2D eigenvalue weighted by atomic mass is 32.2. The lowest BCUT2D eigenvalue weighted by atomic mass is 9.98. The number of rotatable bonds is 10. The average Bonchev–Trinajstić information content (AvgIpc) is 3.39. The van der Waals surface area contributed by atoms with Crippen LogP contribution in [0.1, 0.15) is 25.2 Å². The highest BCUT2D eigenvalue weighted by Crippen LogP contribution is 2.25. The number of nitrogens with zero attached hydrogens (tertiary/aromatic N) is 6. The number of aromatic nitrogens is 4. The van der Waals surface area contributed by atoms with E-state index in [-0.39, 0.29) is 28.2 Å². The van der Waals surface area contributed by atoms with E-state index in [0.29, 0.717) is 5.69 Å². The van der Waals surface area contributed by atoms with Gasteiger partial charge in [0, 0.05) is 18.1 Å². The number of anilines is 1. The van der Waals surface area contributed by atoms with Crippen LogP contribution in [0.15, 0.2) is 16.7 Å². The smallest absolute Gasteiger partial charge is 0.362 e. The number of hydrogen-bond acceptors (Lipinski definition) is 13. The Morgan fingerprint density at radius 2 is 2.09 bits per heavy atom. The first-order valence-corrected chi connectivity index (χ1v) is 11.9. The van der Waals surface area contributed by atoms with Crippen molar-refractivity contribution < 1.29 is 37.3 Å². The van der Waals surface area contributed by atoms with Crippen molar-refractivity contribution >= 4 is 50.3 Å². The van der Waals surface area contributed by atoms with Gasteiger partial charge in [0.15, 0.2) is 10.8 Å². The van der Waals surface area contributed by atoms with Crippen LogP contribution in [0, 0.1) is 0 Å². The Morgan fingerprint density at radius 1 is 1.40 bits per heavy atom. The second-order valence-electron chi connectivity index (χ2n) is 7.68. The number of aliphatic carboxylic acids is 1. The van der Waals surface area contributed by atoms with Crippen LogP contribution in [-0.4, -0.2) is 83.5 Å². The second-order valence-corrected chi connectivity index (χ2v) is 9.86. The minimum atomic E-state index is -4.96. The van der Waals surface area contributed by atoms with Crippen LogP contribution in [0.25, 0.3) is 0 Å². The van der Waals surface area contributed by atoms with E-state index in [1.165, 1.54) is 30.1 Å². The predicted octanol–water partition coefficient (Wildman–Crippen LogP) is -2.44. The standard InChI is InChI=1S/C16H21N9O8S2/c1-16(2,14(28)29)33-22-10(8-6-34-15(18)19-8)12(26)20-11-9(25(13(11)27)35(30,31)32)5-24-4-7(3-17)21-23-24/h4,6,9,11H,3,5,17H2,1-2H3,(H2,18,19)(H,20,26)(H,28,29)(H,30,31,32)/t9-,11+/m1/s1. The molecule has 0 unspecified atom stereocenters. The van der Waals surface area contributed by atoms with Crippen LogP contribution >= 0.6 is 11.3 Å². The molecular formula is C16H21N9O8S2. The normalized spacial score (nSPS) is 18.8. The van der Waals surface area contributed by atoms with E-state index in [1.807, 2.05) is 0 Å². The van der Waals surface area contributed by atoms with E-state index in [4.69, 9.17) is 16.3 Å². The maximum atomic E-state index is 13.0. The molecule has 17 nitrogen and oxygen atoms in total. The summed E-state index contributed by atoms with van der Waals surface area (Å²) in [5, 5.41) is 24.1. The highest BCUT2D eigenvalue weighted by Gasteiger charge is 2.54. The largest absolute Gasteiger partial charge is 0.478 e. The number of thiazole rings is 1. The van der Waals surface area contributed by atoms with Crippen LogP contribution in [-0.2, 0) is 42.6 Å². The van der Waals surface area contributed by atoms with Crippen molar-refractivity contribution in [1.82, 2.24) is 29.6 Å². The fraction of sp³-hybridized carbons (Fsp3) is 0.438. The molecule has 0 bridgehead atoms. The van der Waals surface area contributed by atoms with E-state index in [0.717, 1.165) is 11.3 Å². The van der Waals surface area contributed by atoms with Gasteiger partial charge in [0.25, 0.3) is 11.8 Å². The fourth-order valence-electron chi connectivity index (χ4n) is 2.86. The van der Waals surface area contributed by atoms with Gasteiger partial charge in [0.1, 0.15) is 11.7 Å². The molecule has 7 N–H and O–H groups in total. The zero-order valence-electron chi connectivity index (χ0n) is 18.2. The van der Waals surface area contributed by atoms with Crippen LogP contribution in [0.2, 0.25) is 0 Å². The van der Waals surface area contributed by atoms with Crippen molar-refractivity contribution in [3.05, 3.63) is 23.0 Å². The first-order valence-electron chi connectivity index (χ1n) is 9.66. The van der Waals surface area contributed by atoms with Gasteiger partial charge in [-0.25, -0.2) is 14.1 Å². The van der Waals surface area contributed by atoms with Gasteiger partial charge in [0.05, 0.1) is 18.3 Å². The molecule has 0 radical (unpaired) electrons. The van der Waals surface area contributed by atoms with Gasteiger partial charge in [-0.05, 0) is 13.8 Å². The van der Waals surface area contributed by atoms with Gasteiger partial charge in [-0.2, -0.15) is 8.42 Å². The molecular weight excluding hydrogens is 510 g/mol. The van der Waals surface area contributed by atoms with E-state index >= 15 is 0 Å². The molecule has 35 heavy (non-hydrogen) atoms. The first-order chi connectivity index (χ1) is 16.2. The topological polar surface area (TPSA) is 258 Å². The van der Waals surface area contributed by atoms with Crippen LogP contribution in [0.3, 0.4) is 0 Å². The van der Waals surface area contributed by atoms with Crippen molar-refractivity contribution in [1.29, 1.82) is 0 Å². The Bertz CT molecular complexity index is 1290. The van der Waals surface area contributed by atoms with Crippen molar-refractivity contribution in [2.45, 2.75) is 44.6 Å². The molecule has 19 heteroatoms. The summed E-state index contributed by atoms with van der Waals surface area (Å²) >= 11 is 0.957. The monoisotopic (exact) mass is 531 g/mol. The summed E-state index contributed by atoms with van der Waals surface area (Å²) in [5.74, 6) is -3.55. The molecule has 2 aromatic rings. The number of nitrogens with one attached hydrogen (secondary N) is 1. The quantitative estimate of drug-likeness (QED) is 0.0924. The minimum Gasteiger partial charge on any atom is -0.478 e. The molecule has 2 aromatic heterocycles. The summed E-state index contributed by atoms with van der Waals surface area (Å²) < 4.78 is 34.2. The molecule has 1 saturated heterocycles. The molecule has 1 aliphatic rings. The summed E-state index contributed by atoms with van der Waals surface area (Å²) in [6.45, 7) is 2.15. The van der Waals surface area contributed by atoms with E-state index in [2.05, 4.69) is 25.8 Å². The summed E-state index contributed by atoms with van der Waals surface area (Å²) in [7, 11) is -4.96. The zero-order valence-corrected chi connectivity index (χ0v) is 19.9. The molecule has 2 atom stereocenters. The van der Waals surface area contributed by atoms with Gasteiger partial charge in [0.2, 0.25) is 5.60 Å². The lowest BCUT2D eigenvalue weighted by Gasteiger charge is -2.43. The third-order valence-electron chi connectivity index (χ3n) is 4.73. The number of hydrogen-bond donors (Lipinski definition) is 5. The predicted molar refractivity (Wildman–Crippen MR) is 118 cm³/mol. The fourth-order valence-corrected chi connectivity index (χ4v) is 4.28. The summed E-state index contributed by atoms with van der Waals surface area (Å²) in [4.78, 5) is 45.7. The number of carboxylic acid groups (broad SMARTS) is 1. The van der Waals surface area contributed by atoms with Crippen molar-refractivity contribution in [3.8, 4) is 0 Å². The van der Waals surface area contributed by atoms with Crippen LogP contribution in [0.5, 0.6) is 0 Å². The molecule has 1 fully saturated rings. The number of β-lactam (4-membered cyclic amide) rings is 1. The molecule has 3 heterocycles. The maximum absolute atomic E-state index is 13.0. The summed E-state index contributed by atoms with van der Waals surface area (Å²) in [6, 6.07) is -2.73. The Morgan fingerprint density at radius 3 is 2.60 bits per heavy atom. The molecule has 0 aromatic carbocycles. The molecule has 0 saturated carbocycles. The Balaban J connectivity index is 1.89. The lowest BCUT2D eigenvalue weighted by molar-refractivity contribution is -0.161. The average molecular weight is 532 g/mol. The van der Waals surface area contributed by atoms with Gasteiger partial charge >= 0.3 is 16.3 Å². The van der Waals surface area contributed by atoms with E-state index in [1.54, 1.807) is 0 Å². The number of carbonyl (C=O) groups excluding carboxylic acids is 2. The van der Waals surface area contributed by atoms with Crippen molar-refractivity contribution in [2.24, 2.45) is 10.9 Å². The maximum Gasteiger partial charge on any atom is 0.362 e. The number of nitrogens with two attached hydrogens (primary N) is 2. The Hall–Kier alpha value is -3.68. The number of oxime groups is 1. The second kappa shape index (κ2) is 9.52. The molecule has 190 valence electrons. The lowest BCUT2D eigenvalue weighted by Crippen LogP contribution is -2.73. The molecule has 2 amide bonds. The third-order valence-corrected chi connectivity index (χ3v) is 6.36. The van der Waals surface area contributed by atoms with Gasteiger partial charge < -0.3 is 26.7 Å². The number of carboxylic acids is 1. The van der Waals surface area contributed by atoms with Crippen LogP contribution in [0.4, 0.5) is 5.13 Å². The molecule has 3 rings (SSSR count). The summed E-state index contributed by atoms with van der Waals surface area (Å²) in [5.41, 5.74) is 9.03. The highest BCUT2D eigenvalue weighted by molar-refractivity contribution is 7.84. The molecule has 1 aliphatic heterocycles. The zero-order chi connectivity index (χ0) is 26.1. The molecule has 0 aliphatic carbocycles. The van der Waals surface area contributed by atoms with Gasteiger partial charge in [-0.3, -0.25) is 18.8 Å². The van der Waals surface area contributed by atoms with Crippen molar-refractivity contribution in [2.75, 3.05) is 5.73 Å². The Labute approximate surface area is 201 Å².